The number of primary amides is 1. The molecule has 0 radical (unpaired) electrons. The fourth-order valence-corrected chi connectivity index (χ4v) is 6.72. The van der Waals surface area contributed by atoms with Crippen molar-refractivity contribution in [3.05, 3.63) is 48.0 Å². The maximum atomic E-state index is 13.8. The maximum Gasteiger partial charge on any atom is 0.326 e. The third-order valence-corrected chi connectivity index (χ3v) is 10.9. The molecule has 16 N–H and O–H groups in total. The number of aromatic amines is 1. The third-order valence-electron chi connectivity index (χ3n) is 10.9. The van der Waals surface area contributed by atoms with Crippen LogP contribution in [-0.2, 0) is 60.8 Å². The number of nitrogens with zero attached hydrogens (tertiary/aromatic N) is 1. The van der Waals surface area contributed by atoms with E-state index in [0.717, 1.165) is 0 Å². The molecule has 9 atom stereocenters. The van der Waals surface area contributed by atoms with Crippen molar-refractivity contribution in [1.82, 2.24) is 52.5 Å². The van der Waals surface area contributed by atoms with Gasteiger partial charge in [-0.1, -0.05) is 60.1 Å². The second kappa shape index (κ2) is 29.0. The van der Waals surface area contributed by atoms with E-state index in [9.17, 15) is 63.3 Å². The first-order valence-corrected chi connectivity index (χ1v) is 22.9. The smallest absolute Gasteiger partial charge is 0.326 e. The Kier molecular flexibility index (Phi) is 24.4. The zero-order chi connectivity index (χ0) is 52.8. The molecule has 2 rings (SSSR count). The van der Waals surface area contributed by atoms with Crippen LogP contribution in [0.3, 0.4) is 0 Å². The molecule has 1 heterocycles. The van der Waals surface area contributed by atoms with E-state index in [1.807, 2.05) is 20.8 Å². The summed E-state index contributed by atoms with van der Waals surface area (Å²) in [5, 5.41) is 48.6. The number of rotatable bonds is 30. The monoisotopic (exact) mass is 987 g/mol. The molecule has 2 aromatic rings. The highest BCUT2D eigenvalue weighted by Crippen LogP contribution is 2.13. The van der Waals surface area contributed by atoms with E-state index in [2.05, 4.69) is 52.5 Å². The molecule has 25 nitrogen and oxygen atoms in total. The molecule has 0 saturated carbocycles. The number of imidazole rings is 1. The minimum atomic E-state index is -1.67. The lowest BCUT2D eigenvalue weighted by molar-refractivity contribution is -0.143. The van der Waals surface area contributed by atoms with Gasteiger partial charge in [0.05, 0.1) is 31.9 Å². The van der Waals surface area contributed by atoms with Crippen LogP contribution in [0, 0.1) is 17.8 Å². The second-order valence-corrected chi connectivity index (χ2v) is 17.9. The van der Waals surface area contributed by atoms with Gasteiger partial charge in [0.2, 0.25) is 53.2 Å². The molecule has 0 aliphatic carbocycles. The number of carboxylic acid groups (broad SMARTS) is 1. The summed E-state index contributed by atoms with van der Waals surface area (Å²) in [7, 11) is 0. The summed E-state index contributed by atoms with van der Waals surface area (Å²) < 4.78 is 0. The molecule has 25 heteroatoms. The first-order chi connectivity index (χ1) is 32.8. The number of aliphatic carboxylic acids is 1. The molecule has 0 unspecified atom stereocenters. The van der Waals surface area contributed by atoms with Crippen LogP contribution in [0.1, 0.15) is 85.4 Å². The number of amides is 9. The van der Waals surface area contributed by atoms with Crippen molar-refractivity contribution in [2.45, 2.75) is 135 Å². The number of carbonyl (C=O) groups is 10. The van der Waals surface area contributed by atoms with Crippen molar-refractivity contribution < 1.29 is 63.3 Å². The number of H-pyrrole nitrogens is 1. The maximum absolute atomic E-state index is 13.8. The van der Waals surface area contributed by atoms with Gasteiger partial charge >= 0.3 is 5.97 Å². The lowest BCUT2D eigenvalue weighted by atomic mass is 9.97. The van der Waals surface area contributed by atoms with Gasteiger partial charge in [-0.25, -0.2) is 9.78 Å². The van der Waals surface area contributed by atoms with Crippen molar-refractivity contribution in [3.8, 4) is 5.75 Å². The zero-order valence-electron chi connectivity index (χ0n) is 40.5. The molecular formula is C45H70N12O13. The number of benzene rings is 1. The Bertz CT molecular complexity index is 2100. The summed E-state index contributed by atoms with van der Waals surface area (Å²) >= 11 is 0. The standard InChI is InChI=1S/C45H70N12O13/c1-8-24(6)37(47)44(68)55-29(13-22(2)3)40(64)53-31(16-27-18-48-21-50-27)42(66)54-32(17-35(46)60)39(63)49-19-36(61)51-25(7)38(62)52-30(15-26-9-11-28(59)12-10-26)41(65)57-34(20-58)43(67)56-33(45(69)70)14-23(4)5/h9-12,18,21-25,29-34,37,58-59H,8,13-17,19-20,47H2,1-7H3,(H2,46,60)(H,48,50)(H,49,63)(H,51,61)(H,52,62)(H,53,64)(H,54,66)(H,55,68)(H,56,67)(H,57,65)(H,69,70)/t24-,25-,29-,30-,31-,32-,33-,34-,37-/m0/s1. The van der Waals surface area contributed by atoms with E-state index in [-0.39, 0.29) is 49.2 Å². The van der Waals surface area contributed by atoms with Crippen LogP contribution in [0.15, 0.2) is 36.8 Å². The fourth-order valence-electron chi connectivity index (χ4n) is 6.72. The van der Waals surface area contributed by atoms with Crippen molar-refractivity contribution in [3.63, 3.8) is 0 Å². The van der Waals surface area contributed by atoms with Gasteiger partial charge in [0, 0.05) is 24.7 Å². The van der Waals surface area contributed by atoms with Gasteiger partial charge < -0.3 is 74.3 Å². The number of carbonyl (C=O) groups excluding carboxylic acids is 9. The van der Waals surface area contributed by atoms with Crippen LogP contribution in [0.2, 0.25) is 0 Å². The number of nitrogens with two attached hydrogens (primary N) is 2. The summed E-state index contributed by atoms with van der Waals surface area (Å²) in [6.07, 6.45) is 2.42. The van der Waals surface area contributed by atoms with Crippen molar-refractivity contribution in [2.75, 3.05) is 13.2 Å². The highest BCUT2D eigenvalue weighted by atomic mass is 16.4. The number of aliphatic hydroxyl groups is 1. The zero-order valence-corrected chi connectivity index (χ0v) is 40.5. The minimum Gasteiger partial charge on any atom is -0.508 e. The second-order valence-electron chi connectivity index (χ2n) is 17.9. The van der Waals surface area contributed by atoms with E-state index in [1.54, 1.807) is 20.8 Å². The normalized spacial score (nSPS) is 15.0. The predicted octanol–water partition coefficient (Wildman–Crippen LogP) is -3.15. The van der Waals surface area contributed by atoms with Crippen LogP contribution < -0.4 is 54.0 Å². The number of phenols is 1. The van der Waals surface area contributed by atoms with Crippen LogP contribution in [0.5, 0.6) is 5.75 Å². The summed E-state index contributed by atoms with van der Waals surface area (Å²) in [6, 6.07) is -5.34. The molecule has 9 amide bonds. The number of nitrogens with one attached hydrogen (secondary N) is 9. The molecule has 70 heavy (non-hydrogen) atoms. The SMILES string of the molecule is CC[C@H](C)[C@H](N)C(=O)N[C@@H](CC(C)C)C(=O)N[C@@H](Cc1cnc[nH]1)C(=O)N[C@@H](CC(N)=O)C(=O)NCC(=O)N[C@@H](C)C(=O)N[C@@H](Cc1ccc(O)cc1)C(=O)N[C@@H](CO)C(=O)N[C@@H](CC(C)C)C(=O)O. The highest BCUT2D eigenvalue weighted by molar-refractivity contribution is 5.98. The molecule has 0 bridgehead atoms. The van der Waals surface area contributed by atoms with Gasteiger partial charge in [-0.05, 0) is 55.2 Å². The summed E-state index contributed by atoms with van der Waals surface area (Å²) in [4.78, 5) is 138. The summed E-state index contributed by atoms with van der Waals surface area (Å²) in [5.41, 5.74) is 12.3. The van der Waals surface area contributed by atoms with Crippen molar-refractivity contribution in [2.24, 2.45) is 29.2 Å². The van der Waals surface area contributed by atoms with Gasteiger partial charge in [-0.2, -0.15) is 0 Å². The van der Waals surface area contributed by atoms with Gasteiger partial charge in [0.1, 0.15) is 48.0 Å². The minimum absolute atomic E-state index is 0.0533. The van der Waals surface area contributed by atoms with Gasteiger partial charge in [0.25, 0.3) is 0 Å². The Morgan fingerprint density at radius 3 is 1.67 bits per heavy atom. The first-order valence-electron chi connectivity index (χ1n) is 22.9. The quantitative estimate of drug-likeness (QED) is 0.0368. The Labute approximate surface area is 405 Å². The molecule has 0 saturated heterocycles. The van der Waals surface area contributed by atoms with Crippen molar-refractivity contribution in [1.29, 1.82) is 0 Å². The van der Waals surface area contributed by atoms with Crippen molar-refractivity contribution >= 4 is 59.1 Å². The molecule has 0 aliphatic rings. The average Bonchev–Trinajstić information content (AvgIpc) is 3.81. The van der Waals surface area contributed by atoms with Gasteiger partial charge in [-0.15, -0.1) is 0 Å². The number of carboxylic acids is 1. The fraction of sp³-hybridized carbons (Fsp3) is 0.578. The number of phenolic OH excluding ortho intramolecular Hbond substituents is 1. The predicted molar refractivity (Wildman–Crippen MR) is 251 cm³/mol. The molecule has 388 valence electrons. The van der Waals surface area contributed by atoms with E-state index in [4.69, 9.17) is 11.5 Å². The molecule has 1 aromatic heterocycles. The summed E-state index contributed by atoms with van der Waals surface area (Å²) in [6.45, 7) is 10.3. The highest BCUT2D eigenvalue weighted by Gasteiger charge is 2.34. The summed E-state index contributed by atoms with van der Waals surface area (Å²) in [5.74, 6) is -10.0. The van der Waals surface area contributed by atoms with E-state index in [1.165, 1.54) is 43.7 Å². The average molecular weight is 987 g/mol. The molecule has 0 spiro atoms. The van der Waals surface area contributed by atoms with Crippen LogP contribution in [0.25, 0.3) is 0 Å². The molecular weight excluding hydrogens is 917 g/mol. The number of aliphatic hydroxyl groups excluding tert-OH is 1. The van der Waals surface area contributed by atoms with E-state index in [0.29, 0.717) is 17.7 Å². The van der Waals surface area contributed by atoms with Crippen LogP contribution in [0.4, 0.5) is 0 Å². The third kappa shape index (κ3) is 20.6. The Balaban J connectivity index is 2.21. The number of hydrogen-bond donors (Lipinski definition) is 14. The van der Waals surface area contributed by atoms with E-state index >= 15 is 0 Å². The molecule has 0 fully saturated rings. The van der Waals surface area contributed by atoms with E-state index < -0.39 is 127 Å². The number of aromatic hydroxyl groups is 1. The topological polar surface area (TPSA) is 408 Å². The van der Waals surface area contributed by atoms with Crippen LogP contribution >= 0.6 is 0 Å². The largest absolute Gasteiger partial charge is 0.508 e. The Morgan fingerprint density at radius 2 is 1.14 bits per heavy atom. The molecule has 1 aromatic carbocycles. The lowest BCUT2D eigenvalue weighted by Gasteiger charge is -2.27. The van der Waals surface area contributed by atoms with Gasteiger partial charge in [-0.3, -0.25) is 43.2 Å². The Hall–Kier alpha value is -7.15. The van der Waals surface area contributed by atoms with Crippen LogP contribution in [-0.4, -0.2) is 146 Å². The lowest BCUT2D eigenvalue weighted by Crippen LogP contribution is -2.59. The molecule has 0 aliphatic heterocycles. The number of aromatic nitrogens is 2. The van der Waals surface area contributed by atoms with Gasteiger partial charge in [0.15, 0.2) is 0 Å². The Morgan fingerprint density at radius 1 is 0.643 bits per heavy atom. The first kappa shape index (κ1) is 59.0. The number of hydrogen-bond acceptors (Lipinski definition) is 14.